The molecule has 5 rings (SSSR count). The van der Waals surface area contributed by atoms with Crippen LogP contribution >= 0.6 is 0 Å². The number of pyridine rings is 1. The summed E-state index contributed by atoms with van der Waals surface area (Å²) in [6, 6.07) is 14.3. The molecule has 0 aliphatic heterocycles. The second-order valence-corrected chi connectivity index (χ2v) is 7.23. The smallest absolute Gasteiger partial charge is 0.178 e. The monoisotopic (exact) mass is 359 g/mol. The van der Waals surface area contributed by atoms with Gasteiger partial charge < -0.3 is 10.2 Å². The number of hydrogen-bond donors (Lipinski definition) is 1. The Morgan fingerprint density at radius 1 is 1.11 bits per heavy atom. The minimum Gasteiger partial charge on any atom is -0.365 e. The van der Waals surface area contributed by atoms with E-state index in [-0.39, 0.29) is 0 Å². The van der Waals surface area contributed by atoms with E-state index in [1.54, 1.807) is 0 Å². The Hall–Kier alpha value is -3.22. The molecule has 1 aliphatic carbocycles. The molecule has 0 radical (unpaired) electrons. The van der Waals surface area contributed by atoms with Gasteiger partial charge in [-0.15, -0.1) is 15.3 Å². The standard InChI is InChI=1S/C20H21N7/c1-26(2)19-11-14(15-5-3-4-6-16(15)22-19)12-21-17-9-10-18-23-24-20(13-7-8-13)27(18)25-17/h3-6,9-11,13H,7-8,12H2,1-2H3,(H,21,25). The third kappa shape index (κ3) is 2.95. The minimum atomic E-state index is 0.509. The molecule has 7 heteroatoms. The minimum absolute atomic E-state index is 0.509. The molecule has 7 nitrogen and oxygen atoms in total. The first-order valence-corrected chi connectivity index (χ1v) is 9.21. The molecule has 1 fully saturated rings. The van der Waals surface area contributed by atoms with Gasteiger partial charge in [0, 0.05) is 31.9 Å². The van der Waals surface area contributed by atoms with Gasteiger partial charge in [0.2, 0.25) is 0 Å². The fourth-order valence-corrected chi connectivity index (χ4v) is 3.29. The summed E-state index contributed by atoms with van der Waals surface area (Å²) in [5, 5.41) is 17.8. The van der Waals surface area contributed by atoms with Crippen molar-refractivity contribution in [2.24, 2.45) is 0 Å². The molecule has 0 amide bonds. The summed E-state index contributed by atoms with van der Waals surface area (Å²) >= 11 is 0. The highest BCUT2D eigenvalue weighted by Gasteiger charge is 2.29. The van der Waals surface area contributed by atoms with Crippen molar-refractivity contribution >= 4 is 28.2 Å². The lowest BCUT2D eigenvalue weighted by molar-refractivity contribution is 0.814. The maximum Gasteiger partial charge on any atom is 0.178 e. The van der Waals surface area contributed by atoms with Gasteiger partial charge in [0.15, 0.2) is 11.5 Å². The summed E-state index contributed by atoms with van der Waals surface area (Å²) < 4.78 is 1.87. The van der Waals surface area contributed by atoms with Crippen LogP contribution in [0.15, 0.2) is 42.5 Å². The first kappa shape index (κ1) is 16.0. The average Bonchev–Trinajstić information content (AvgIpc) is 3.45. The van der Waals surface area contributed by atoms with E-state index in [1.165, 1.54) is 18.4 Å². The van der Waals surface area contributed by atoms with Crippen molar-refractivity contribution in [3.05, 3.63) is 53.9 Å². The lowest BCUT2D eigenvalue weighted by atomic mass is 10.1. The normalized spacial score (nSPS) is 14.0. The number of nitrogens with one attached hydrogen (secondary N) is 1. The second-order valence-electron chi connectivity index (χ2n) is 7.23. The van der Waals surface area contributed by atoms with Crippen LogP contribution in [-0.4, -0.2) is 38.9 Å². The highest BCUT2D eigenvalue weighted by molar-refractivity contribution is 5.84. The van der Waals surface area contributed by atoms with Crippen LogP contribution < -0.4 is 10.2 Å². The SMILES string of the molecule is CN(C)c1cc(CNc2ccc3nnc(C4CC4)n3n2)c2ccccc2n1. The van der Waals surface area contributed by atoms with E-state index in [2.05, 4.69) is 33.7 Å². The van der Waals surface area contributed by atoms with Gasteiger partial charge in [0.1, 0.15) is 11.6 Å². The molecule has 1 aromatic carbocycles. The van der Waals surface area contributed by atoms with E-state index in [0.717, 1.165) is 34.0 Å². The van der Waals surface area contributed by atoms with Gasteiger partial charge in [-0.25, -0.2) is 4.98 Å². The van der Waals surface area contributed by atoms with Crippen molar-refractivity contribution in [3.8, 4) is 0 Å². The van der Waals surface area contributed by atoms with Crippen LogP contribution in [0.25, 0.3) is 16.6 Å². The Morgan fingerprint density at radius 2 is 1.96 bits per heavy atom. The quantitative estimate of drug-likeness (QED) is 0.590. The van der Waals surface area contributed by atoms with E-state index >= 15 is 0 Å². The third-order valence-corrected chi connectivity index (χ3v) is 4.94. The lowest BCUT2D eigenvalue weighted by Gasteiger charge is -2.15. The fourth-order valence-electron chi connectivity index (χ4n) is 3.29. The molecular formula is C20H21N7. The number of nitrogens with zero attached hydrogens (tertiary/aromatic N) is 6. The maximum absolute atomic E-state index is 4.72. The van der Waals surface area contributed by atoms with Crippen molar-refractivity contribution in [3.63, 3.8) is 0 Å². The fraction of sp³-hybridized carbons (Fsp3) is 0.300. The molecule has 0 saturated heterocycles. The van der Waals surface area contributed by atoms with Crippen LogP contribution in [0.2, 0.25) is 0 Å². The van der Waals surface area contributed by atoms with E-state index in [4.69, 9.17) is 10.1 Å². The predicted molar refractivity (Wildman–Crippen MR) is 106 cm³/mol. The molecule has 0 unspecified atom stereocenters. The summed E-state index contributed by atoms with van der Waals surface area (Å²) in [5.41, 5.74) is 2.99. The summed E-state index contributed by atoms with van der Waals surface area (Å²) in [7, 11) is 4.02. The number of benzene rings is 1. The largest absolute Gasteiger partial charge is 0.365 e. The van der Waals surface area contributed by atoms with Gasteiger partial charge >= 0.3 is 0 Å². The molecule has 4 aromatic rings. The Bertz CT molecular complexity index is 1130. The Labute approximate surface area is 157 Å². The number of para-hydroxylation sites is 1. The predicted octanol–water partition coefficient (Wildman–Crippen LogP) is 3.23. The Kier molecular flexibility index (Phi) is 3.67. The maximum atomic E-state index is 4.72. The topological polar surface area (TPSA) is 71.2 Å². The Balaban J connectivity index is 1.47. The zero-order valence-corrected chi connectivity index (χ0v) is 15.4. The van der Waals surface area contributed by atoms with E-state index in [1.807, 2.05) is 47.8 Å². The summed E-state index contributed by atoms with van der Waals surface area (Å²) in [5.74, 6) is 3.24. The van der Waals surface area contributed by atoms with Crippen molar-refractivity contribution in [1.29, 1.82) is 0 Å². The highest BCUT2D eigenvalue weighted by Crippen LogP contribution is 2.38. The Morgan fingerprint density at radius 3 is 2.78 bits per heavy atom. The van der Waals surface area contributed by atoms with Gasteiger partial charge in [0.25, 0.3) is 0 Å². The van der Waals surface area contributed by atoms with Crippen LogP contribution in [0.5, 0.6) is 0 Å². The van der Waals surface area contributed by atoms with Crippen LogP contribution in [-0.2, 0) is 6.54 Å². The zero-order valence-electron chi connectivity index (χ0n) is 15.4. The summed E-state index contributed by atoms with van der Waals surface area (Å²) in [6.45, 7) is 0.670. The molecule has 136 valence electrons. The molecular weight excluding hydrogens is 338 g/mol. The molecule has 1 N–H and O–H groups in total. The van der Waals surface area contributed by atoms with Crippen LogP contribution in [0.3, 0.4) is 0 Å². The van der Waals surface area contributed by atoms with Gasteiger partial charge in [0.05, 0.1) is 5.52 Å². The number of hydrogen-bond acceptors (Lipinski definition) is 6. The van der Waals surface area contributed by atoms with Crippen LogP contribution in [0, 0.1) is 0 Å². The third-order valence-electron chi connectivity index (χ3n) is 4.94. The van der Waals surface area contributed by atoms with E-state index in [9.17, 15) is 0 Å². The van der Waals surface area contributed by atoms with Crippen molar-refractivity contribution < 1.29 is 0 Å². The molecule has 1 aliphatic rings. The zero-order chi connectivity index (χ0) is 18.4. The lowest BCUT2D eigenvalue weighted by Crippen LogP contribution is -2.12. The number of aromatic nitrogens is 5. The van der Waals surface area contributed by atoms with E-state index < -0.39 is 0 Å². The summed E-state index contributed by atoms with van der Waals surface area (Å²) in [6.07, 6.45) is 2.35. The van der Waals surface area contributed by atoms with Crippen molar-refractivity contribution in [2.75, 3.05) is 24.3 Å². The van der Waals surface area contributed by atoms with Gasteiger partial charge in [-0.05, 0) is 42.7 Å². The molecule has 3 aromatic heterocycles. The van der Waals surface area contributed by atoms with Crippen LogP contribution in [0.4, 0.5) is 11.6 Å². The second kappa shape index (κ2) is 6.19. The number of fused-ring (bicyclic) bond motifs is 2. The molecule has 27 heavy (non-hydrogen) atoms. The summed E-state index contributed by atoms with van der Waals surface area (Å²) in [4.78, 5) is 6.75. The van der Waals surface area contributed by atoms with Crippen molar-refractivity contribution in [1.82, 2.24) is 24.8 Å². The highest BCUT2D eigenvalue weighted by atomic mass is 15.4. The van der Waals surface area contributed by atoms with Crippen molar-refractivity contribution in [2.45, 2.75) is 25.3 Å². The van der Waals surface area contributed by atoms with Gasteiger partial charge in [-0.1, -0.05) is 18.2 Å². The molecule has 0 bridgehead atoms. The first-order valence-electron chi connectivity index (χ1n) is 9.21. The van der Waals surface area contributed by atoms with E-state index in [0.29, 0.717) is 12.5 Å². The number of rotatable bonds is 5. The van der Waals surface area contributed by atoms with Crippen LogP contribution in [0.1, 0.15) is 30.1 Å². The molecule has 3 heterocycles. The number of anilines is 2. The van der Waals surface area contributed by atoms with Gasteiger partial charge in [-0.3, -0.25) is 0 Å². The molecule has 0 spiro atoms. The first-order chi connectivity index (χ1) is 13.2. The molecule has 0 atom stereocenters. The average molecular weight is 359 g/mol. The van der Waals surface area contributed by atoms with Gasteiger partial charge in [-0.2, -0.15) is 4.52 Å². The molecule has 1 saturated carbocycles.